The van der Waals surface area contributed by atoms with Crippen LogP contribution < -0.4 is 0 Å². The molecule has 0 radical (unpaired) electrons. The van der Waals surface area contributed by atoms with Crippen LogP contribution in [0.25, 0.3) is 17.3 Å². The van der Waals surface area contributed by atoms with Crippen LogP contribution >= 0.6 is 0 Å². The van der Waals surface area contributed by atoms with Gasteiger partial charge < -0.3 is 9.55 Å². The number of aromatic nitrogens is 2. The van der Waals surface area contributed by atoms with Crippen LogP contribution in [0, 0.1) is 0 Å². The molecule has 3 nitrogen and oxygen atoms in total. The molecule has 0 saturated carbocycles. The number of carbonyl (C=O) groups excluding carboxylic acids is 1. The number of rotatable bonds is 7. The van der Waals surface area contributed by atoms with Crippen LogP contribution in [0.4, 0.5) is 0 Å². The van der Waals surface area contributed by atoms with Crippen molar-refractivity contribution in [2.24, 2.45) is 0 Å². The number of ketones is 1. The molecule has 1 aromatic carbocycles. The van der Waals surface area contributed by atoms with Gasteiger partial charge in [-0.2, -0.15) is 0 Å². The Balaban J connectivity index is 0.00000107. The van der Waals surface area contributed by atoms with Crippen molar-refractivity contribution in [3.05, 3.63) is 114 Å². The third kappa shape index (κ3) is 7.31. The number of nitrogens with zero attached hydrogens (tertiary/aromatic N) is 1. The van der Waals surface area contributed by atoms with E-state index in [2.05, 4.69) is 54.3 Å². The topological polar surface area (TPSA) is 37.8 Å². The predicted octanol–water partition coefficient (Wildman–Crippen LogP) is 7.65. The highest BCUT2D eigenvalue weighted by atomic mass is 16.1. The van der Waals surface area contributed by atoms with Gasteiger partial charge in [0.15, 0.2) is 5.78 Å². The number of H-pyrrole nitrogens is 1. The third-order valence-electron chi connectivity index (χ3n) is 4.35. The van der Waals surface area contributed by atoms with Crippen molar-refractivity contribution in [1.82, 2.24) is 9.55 Å². The van der Waals surface area contributed by atoms with E-state index >= 15 is 0 Å². The van der Waals surface area contributed by atoms with Crippen molar-refractivity contribution >= 4 is 17.4 Å². The van der Waals surface area contributed by atoms with Crippen LogP contribution in [0.2, 0.25) is 0 Å². The van der Waals surface area contributed by atoms with Crippen molar-refractivity contribution in [1.29, 1.82) is 0 Å². The maximum absolute atomic E-state index is 11.5. The minimum atomic E-state index is 0.0450. The number of hydrogen-bond acceptors (Lipinski definition) is 1. The molecule has 0 amide bonds. The second kappa shape index (κ2) is 12.2. The molecule has 2 heterocycles. The molecule has 0 fully saturated rings. The van der Waals surface area contributed by atoms with Gasteiger partial charge in [0.2, 0.25) is 0 Å². The van der Waals surface area contributed by atoms with Gasteiger partial charge in [0.25, 0.3) is 0 Å². The summed E-state index contributed by atoms with van der Waals surface area (Å²) in [7, 11) is 0. The van der Waals surface area contributed by atoms with Crippen molar-refractivity contribution in [3.8, 4) is 5.69 Å². The summed E-state index contributed by atoms with van der Waals surface area (Å²) < 4.78 is 2.08. The fourth-order valence-electron chi connectivity index (χ4n) is 2.91. The number of hydrogen-bond donors (Lipinski definition) is 1. The van der Waals surface area contributed by atoms with Crippen LogP contribution in [-0.4, -0.2) is 15.3 Å². The van der Waals surface area contributed by atoms with E-state index in [4.69, 9.17) is 0 Å². The van der Waals surface area contributed by atoms with E-state index in [9.17, 15) is 4.79 Å². The predicted molar refractivity (Wildman–Crippen MR) is 133 cm³/mol. The molecule has 2 aromatic heterocycles. The molecule has 3 aromatic rings. The first-order valence-electron chi connectivity index (χ1n) is 10.6. The second-order valence-corrected chi connectivity index (χ2v) is 7.26. The number of allylic oxidation sites excluding steroid dienone is 6. The zero-order valence-electron chi connectivity index (χ0n) is 18.9. The molecule has 0 aliphatic rings. The highest BCUT2D eigenvalue weighted by Crippen LogP contribution is 2.20. The Kier molecular flexibility index (Phi) is 9.31. The fraction of sp³-hybridized carbons (Fsp3) is 0.179. The van der Waals surface area contributed by atoms with Gasteiger partial charge in [0.05, 0.1) is 0 Å². The SMILES string of the molecule is C=C(/C=C/c1cccc(-n2cccc2)c1)/C=C(\C=C/C)c1cc(C(C)=O)c[nH]1.CCC. The minimum Gasteiger partial charge on any atom is -0.360 e. The van der Waals surface area contributed by atoms with E-state index in [1.54, 1.807) is 13.1 Å². The first kappa shape index (κ1) is 23.7. The van der Waals surface area contributed by atoms with Crippen LogP contribution in [0.1, 0.15) is 55.7 Å². The van der Waals surface area contributed by atoms with Crippen molar-refractivity contribution in [2.45, 2.75) is 34.1 Å². The Morgan fingerprint density at radius 3 is 2.42 bits per heavy atom. The van der Waals surface area contributed by atoms with Crippen LogP contribution in [0.15, 0.2) is 97.5 Å². The molecular weight excluding hydrogens is 380 g/mol. The standard InChI is InChI=1S/C25H24N2O.C3H8/c1-4-8-22(25-17-23(18-26-25)20(3)28)15-19(2)11-12-21-9-7-10-24(16-21)27-13-5-6-14-27;1-3-2/h4-18,26H,2H2,1,3H3;3H2,1-2H3/b8-4-,12-11+,22-15+;. The molecule has 0 atom stereocenters. The smallest absolute Gasteiger partial charge is 0.161 e. The molecule has 3 heteroatoms. The van der Waals surface area contributed by atoms with Gasteiger partial charge in [-0.15, -0.1) is 0 Å². The summed E-state index contributed by atoms with van der Waals surface area (Å²) in [6, 6.07) is 14.2. The second-order valence-electron chi connectivity index (χ2n) is 7.26. The van der Waals surface area contributed by atoms with E-state index in [0.29, 0.717) is 5.56 Å². The first-order chi connectivity index (χ1) is 15.0. The highest BCUT2D eigenvalue weighted by Gasteiger charge is 2.06. The molecule has 0 unspecified atom stereocenters. The molecule has 31 heavy (non-hydrogen) atoms. The molecule has 3 rings (SSSR count). The Morgan fingerprint density at radius 1 is 1.10 bits per heavy atom. The van der Waals surface area contributed by atoms with E-state index in [1.165, 1.54) is 6.42 Å². The van der Waals surface area contributed by atoms with Gasteiger partial charge in [-0.25, -0.2) is 0 Å². The van der Waals surface area contributed by atoms with Gasteiger partial charge in [-0.1, -0.05) is 63.3 Å². The number of aromatic amines is 1. The van der Waals surface area contributed by atoms with Gasteiger partial charge in [0, 0.05) is 35.5 Å². The molecule has 0 aliphatic heterocycles. The van der Waals surface area contributed by atoms with Crippen LogP contribution in [-0.2, 0) is 0 Å². The van der Waals surface area contributed by atoms with Crippen LogP contribution in [0.5, 0.6) is 0 Å². The quantitative estimate of drug-likeness (QED) is 0.314. The molecule has 160 valence electrons. The Bertz CT molecular complexity index is 1080. The number of carbonyl (C=O) groups is 1. The van der Waals surface area contributed by atoms with Crippen molar-refractivity contribution < 1.29 is 4.79 Å². The largest absolute Gasteiger partial charge is 0.360 e. The molecule has 0 bridgehead atoms. The van der Waals surface area contributed by atoms with Gasteiger partial charge in [0.1, 0.15) is 0 Å². The first-order valence-corrected chi connectivity index (χ1v) is 10.6. The minimum absolute atomic E-state index is 0.0450. The Labute approximate surface area is 186 Å². The van der Waals surface area contributed by atoms with E-state index in [1.807, 2.05) is 67.9 Å². The maximum atomic E-state index is 11.5. The fourth-order valence-corrected chi connectivity index (χ4v) is 2.91. The summed E-state index contributed by atoms with van der Waals surface area (Å²) >= 11 is 0. The molecule has 1 N–H and O–H groups in total. The lowest BCUT2D eigenvalue weighted by Crippen LogP contribution is -1.89. The summed E-state index contributed by atoms with van der Waals surface area (Å²) in [5, 5.41) is 0. The molecule has 0 aliphatic carbocycles. The van der Waals surface area contributed by atoms with E-state index in [0.717, 1.165) is 28.1 Å². The molecule has 0 spiro atoms. The third-order valence-corrected chi connectivity index (χ3v) is 4.35. The number of nitrogens with one attached hydrogen (secondary N) is 1. The highest BCUT2D eigenvalue weighted by molar-refractivity contribution is 5.95. The zero-order chi connectivity index (χ0) is 22.6. The zero-order valence-corrected chi connectivity index (χ0v) is 18.9. The lowest BCUT2D eigenvalue weighted by atomic mass is 10.1. The summed E-state index contributed by atoms with van der Waals surface area (Å²) in [4.78, 5) is 14.7. The molecular formula is C28H32N2O. The van der Waals surface area contributed by atoms with E-state index in [-0.39, 0.29) is 5.78 Å². The number of benzene rings is 1. The lowest BCUT2D eigenvalue weighted by Gasteiger charge is -2.04. The number of Topliss-reactive ketones (excluding diaryl/α,β-unsaturated/α-hetero) is 1. The Hall–Kier alpha value is -3.59. The van der Waals surface area contributed by atoms with Crippen LogP contribution in [0.3, 0.4) is 0 Å². The normalized spacial score (nSPS) is 11.5. The lowest BCUT2D eigenvalue weighted by molar-refractivity contribution is 0.101. The van der Waals surface area contributed by atoms with Gasteiger partial charge in [-0.3, -0.25) is 4.79 Å². The summed E-state index contributed by atoms with van der Waals surface area (Å²) in [5.41, 5.74) is 5.64. The monoisotopic (exact) mass is 412 g/mol. The maximum Gasteiger partial charge on any atom is 0.161 e. The summed E-state index contributed by atoms with van der Waals surface area (Å²) in [5.74, 6) is 0.0450. The van der Waals surface area contributed by atoms with Gasteiger partial charge in [-0.05, 0) is 67.0 Å². The summed E-state index contributed by atoms with van der Waals surface area (Å²) in [6.45, 7) is 11.9. The van der Waals surface area contributed by atoms with Gasteiger partial charge >= 0.3 is 0 Å². The average Bonchev–Trinajstić information content (AvgIpc) is 3.45. The molecule has 0 saturated heterocycles. The van der Waals surface area contributed by atoms with Crippen molar-refractivity contribution in [3.63, 3.8) is 0 Å². The summed E-state index contributed by atoms with van der Waals surface area (Å²) in [6.07, 6.45) is 17.1. The average molecular weight is 413 g/mol. The van der Waals surface area contributed by atoms with E-state index < -0.39 is 0 Å². The van der Waals surface area contributed by atoms with Crippen molar-refractivity contribution in [2.75, 3.05) is 0 Å². The Morgan fingerprint density at radius 2 is 1.81 bits per heavy atom.